The van der Waals surface area contributed by atoms with E-state index in [9.17, 15) is 13.2 Å². The molecule has 0 amide bonds. The molecule has 0 saturated heterocycles. The first-order valence-electron chi connectivity index (χ1n) is 11.9. The molecule has 36 heavy (non-hydrogen) atoms. The number of halogens is 3. The van der Waals surface area contributed by atoms with Gasteiger partial charge in [-0.3, -0.25) is 4.98 Å². The first-order valence-corrected chi connectivity index (χ1v) is 11.9. The van der Waals surface area contributed by atoms with E-state index in [1.807, 2.05) is 55.5 Å². The van der Waals surface area contributed by atoms with Gasteiger partial charge in [-0.2, -0.15) is 13.2 Å². The van der Waals surface area contributed by atoms with E-state index < -0.39 is 11.9 Å². The van der Waals surface area contributed by atoms with Crippen LogP contribution in [0.15, 0.2) is 54.7 Å². The van der Waals surface area contributed by atoms with Crippen molar-refractivity contribution in [2.75, 3.05) is 6.54 Å². The van der Waals surface area contributed by atoms with Crippen LogP contribution in [-0.2, 0) is 25.7 Å². The van der Waals surface area contributed by atoms with Gasteiger partial charge >= 0.3 is 6.18 Å². The SMILES string of the molecule is CC1C=c2c(c(OCc3cccc(CNCCc4ccccc4)n3)nn3cc(C(F)(F)F)nc23)=CC1. The van der Waals surface area contributed by atoms with Crippen LogP contribution < -0.4 is 20.5 Å². The number of aromatic nitrogens is 4. The van der Waals surface area contributed by atoms with Gasteiger partial charge in [0.25, 0.3) is 0 Å². The lowest BCUT2D eigenvalue weighted by Crippen LogP contribution is -2.34. The number of nitrogens with one attached hydrogen (secondary N) is 1. The zero-order valence-electron chi connectivity index (χ0n) is 19.8. The standard InChI is InChI=1S/C27H26F3N5O/c1-18-10-11-22-23(14-18)25-33-24(27(28,29)30)16-35(25)34-26(22)36-17-21-9-5-8-20(32-21)15-31-13-12-19-6-3-2-4-7-19/h2-9,11,14,16,18,31H,10,12-13,15,17H2,1H3. The van der Waals surface area contributed by atoms with Crippen LogP contribution in [0.5, 0.6) is 5.88 Å². The van der Waals surface area contributed by atoms with Crippen molar-refractivity contribution < 1.29 is 17.9 Å². The fourth-order valence-electron chi connectivity index (χ4n) is 4.22. The third-order valence-electron chi connectivity index (χ3n) is 6.04. The van der Waals surface area contributed by atoms with E-state index in [4.69, 9.17) is 4.74 Å². The van der Waals surface area contributed by atoms with Gasteiger partial charge in [-0.15, -0.1) is 5.10 Å². The molecule has 0 aliphatic heterocycles. The quantitative estimate of drug-likeness (QED) is 0.380. The Labute approximate surface area is 206 Å². The Hall–Kier alpha value is -3.72. The second-order valence-corrected chi connectivity index (χ2v) is 8.93. The maximum Gasteiger partial charge on any atom is 0.434 e. The van der Waals surface area contributed by atoms with Crippen LogP contribution in [0.2, 0.25) is 0 Å². The third kappa shape index (κ3) is 5.41. The molecule has 5 rings (SSSR count). The number of hydrogen-bond donors (Lipinski definition) is 1. The molecular weight excluding hydrogens is 467 g/mol. The molecule has 186 valence electrons. The minimum Gasteiger partial charge on any atom is -0.470 e. The smallest absolute Gasteiger partial charge is 0.434 e. The van der Waals surface area contributed by atoms with Crippen molar-refractivity contribution in [2.45, 2.75) is 39.1 Å². The van der Waals surface area contributed by atoms with Crippen molar-refractivity contribution >= 4 is 17.8 Å². The number of pyridine rings is 1. The van der Waals surface area contributed by atoms with Crippen LogP contribution >= 0.6 is 0 Å². The summed E-state index contributed by atoms with van der Waals surface area (Å²) in [5.41, 5.74) is 2.07. The van der Waals surface area contributed by atoms with Crippen molar-refractivity contribution in [3.8, 4) is 5.88 Å². The summed E-state index contributed by atoms with van der Waals surface area (Å²) in [6, 6.07) is 16.0. The van der Waals surface area contributed by atoms with Gasteiger partial charge in [0, 0.05) is 17.0 Å². The maximum absolute atomic E-state index is 13.3. The fraction of sp³-hybridized carbons (Fsp3) is 0.296. The minimum atomic E-state index is -4.55. The number of ether oxygens (including phenoxy) is 1. The number of rotatable bonds is 8. The van der Waals surface area contributed by atoms with E-state index >= 15 is 0 Å². The van der Waals surface area contributed by atoms with Gasteiger partial charge in [0.05, 0.1) is 17.6 Å². The van der Waals surface area contributed by atoms with Crippen molar-refractivity contribution in [2.24, 2.45) is 5.92 Å². The molecular formula is C27H26F3N5O. The monoisotopic (exact) mass is 493 g/mol. The van der Waals surface area contributed by atoms with Crippen molar-refractivity contribution in [3.63, 3.8) is 0 Å². The predicted octanol–water partition coefficient (Wildman–Crippen LogP) is 3.66. The number of alkyl halides is 3. The Kier molecular flexibility index (Phi) is 6.73. The third-order valence-corrected chi connectivity index (χ3v) is 6.04. The topological polar surface area (TPSA) is 64.3 Å². The summed E-state index contributed by atoms with van der Waals surface area (Å²) >= 11 is 0. The lowest BCUT2D eigenvalue weighted by molar-refractivity contribution is -0.140. The molecule has 1 atom stereocenters. The second-order valence-electron chi connectivity index (χ2n) is 8.93. The number of hydrogen-bond acceptors (Lipinski definition) is 5. The number of benzene rings is 1. The molecule has 0 bridgehead atoms. The van der Waals surface area contributed by atoms with Crippen LogP contribution in [0.1, 0.15) is 36.0 Å². The molecule has 9 heteroatoms. The first-order chi connectivity index (χ1) is 17.4. The van der Waals surface area contributed by atoms with Gasteiger partial charge in [0.15, 0.2) is 11.3 Å². The predicted molar refractivity (Wildman–Crippen MR) is 130 cm³/mol. The van der Waals surface area contributed by atoms with Crippen molar-refractivity contribution in [1.82, 2.24) is 24.9 Å². The summed E-state index contributed by atoms with van der Waals surface area (Å²) in [5, 5.41) is 8.99. The van der Waals surface area contributed by atoms with E-state index in [0.29, 0.717) is 22.7 Å². The highest BCUT2D eigenvalue weighted by atomic mass is 19.4. The lowest BCUT2D eigenvalue weighted by atomic mass is 10.0. The van der Waals surface area contributed by atoms with Gasteiger partial charge in [-0.1, -0.05) is 55.5 Å². The zero-order chi connectivity index (χ0) is 25.1. The average Bonchev–Trinajstić information content (AvgIpc) is 3.31. The van der Waals surface area contributed by atoms with Crippen LogP contribution in [0.25, 0.3) is 17.8 Å². The van der Waals surface area contributed by atoms with E-state index in [-0.39, 0.29) is 24.1 Å². The molecule has 3 heterocycles. The molecule has 0 fully saturated rings. The molecule has 1 unspecified atom stereocenters. The number of imidazole rings is 1. The zero-order valence-corrected chi connectivity index (χ0v) is 19.8. The van der Waals surface area contributed by atoms with Crippen LogP contribution in [0.4, 0.5) is 13.2 Å². The Morgan fingerprint density at radius 1 is 1.03 bits per heavy atom. The van der Waals surface area contributed by atoms with E-state index in [2.05, 4.69) is 32.5 Å². The highest BCUT2D eigenvalue weighted by Gasteiger charge is 2.34. The molecule has 1 N–H and O–H groups in total. The van der Waals surface area contributed by atoms with E-state index in [1.54, 1.807) is 0 Å². The van der Waals surface area contributed by atoms with Gasteiger partial charge < -0.3 is 10.1 Å². The first kappa shape index (κ1) is 24.0. The Balaban J connectivity index is 1.31. The Bertz CT molecular complexity index is 1480. The fourth-order valence-corrected chi connectivity index (χ4v) is 4.22. The van der Waals surface area contributed by atoms with Gasteiger partial charge in [-0.25, -0.2) is 9.50 Å². The molecule has 3 aromatic heterocycles. The minimum absolute atomic E-state index is 0.146. The average molecular weight is 494 g/mol. The molecule has 4 aromatic rings. The summed E-state index contributed by atoms with van der Waals surface area (Å²) in [6.45, 7) is 3.61. The van der Waals surface area contributed by atoms with Crippen molar-refractivity contribution in [1.29, 1.82) is 0 Å². The summed E-state index contributed by atoms with van der Waals surface area (Å²) < 4.78 is 47.0. The molecule has 0 spiro atoms. The Morgan fingerprint density at radius 2 is 1.83 bits per heavy atom. The normalized spacial score (nSPS) is 15.3. The molecule has 0 saturated carbocycles. The summed E-state index contributed by atoms with van der Waals surface area (Å²) in [5.74, 6) is 0.440. The maximum atomic E-state index is 13.3. The molecule has 0 radical (unpaired) electrons. The van der Waals surface area contributed by atoms with Gasteiger partial charge in [-0.05, 0) is 43.0 Å². The number of fused-ring (bicyclic) bond motifs is 3. The lowest BCUT2D eigenvalue weighted by Gasteiger charge is -2.12. The summed E-state index contributed by atoms with van der Waals surface area (Å²) in [4.78, 5) is 8.46. The largest absolute Gasteiger partial charge is 0.470 e. The number of nitrogens with zero attached hydrogens (tertiary/aromatic N) is 4. The molecule has 1 aliphatic rings. The Morgan fingerprint density at radius 3 is 2.64 bits per heavy atom. The molecule has 6 nitrogen and oxygen atoms in total. The highest BCUT2D eigenvalue weighted by molar-refractivity contribution is 5.54. The van der Waals surface area contributed by atoms with Crippen LogP contribution in [0, 0.1) is 5.92 Å². The highest BCUT2D eigenvalue weighted by Crippen LogP contribution is 2.28. The molecule has 1 aromatic carbocycles. The molecule has 1 aliphatic carbocycles. The van der Waals surface area contributed by atoms with Crippen molar-refractivity contribution in [3.05, 3.63) is 87.8 Å². The summed E-state index contributed by atoms with van der Waals surface area (Å²) in [6.07, 6.45) is 1.90. The van der Waals surface area contributed by atoms with E-state index in [0.717, 1.165) is 35.8 Å². The second kappa shape index (κ2) is 10.1. The summed E-state index contributed by atoms with van der Waals surface area (Å²) in [7, 11) is 0. The van der Waals surface area contributed by atoms with E-state index in [1.165, 1.54) is 5.56 Å². The van der Waals surface area contributed by atoms with Crippen LogP contribution in [-0.4, -0.2) is 26.1 Å². The van der Waals surface area contributed by atoms with Crippen LogP contribution in [0.3, 0.4) is 0 Å². The van der Waals surface area contributed by atoms with Gasteiger partial charge in [0.2, 0.25) is 5.88 Å². The van der Waals surface area contributed by atoms with Gasteiger partial charge in [0.1, 0.15) is 6.61 Å².